The van der Waals surface area contributed by atoms with Crippen LogP contribution in [0.3, 0.4) is 0 Å². The highest BCUT2D eigenvalue weighted by atomic mass is 16.5. The predicted octanol–water partition coefficient (Wildman–Crippen LogP) is 1.05. The zero-order chi connectivity index (χ0) is 7.94. The molecule has 0 unspecified atom stereocenters. The first-order chi connectivity index (χ1) is 5.43. The minimum Gasteiger partial charge on any atom is -0.359 e. The van der Waals surface area contributed by atoms with E-state index >= 15 is 0 Å². The highest BCUT2D eigenvalue weighted by molar-refractivity contribution is 4.52. The summed E-state index contributed by atoms with van der Waals surface area (Å²) in [6.45, 7) is 3.45. The summed E-state index contributed by atoms with van der Waals surface area (Å²) in [5.41, 5.74) is 0. The Bertz CT molecular complexity index is 174. The van der Waals surface area contributed by atoms with Gasteiger partial charge in [0, 0.05) is 6.61 Å². The van der Waals surface area contributed by atoms with Crippen molar-refractivity contribution in [2.45, 2.75) is 26.5 Å². The lowest BCUT2D eigenvalue weighted by Crippen LogP contribution is -2.03. The zero-order valence-corrected chi connectivity index (χ0v) is 6.73. The third-order valence-corrected chi connectivity index (χ3v) is 1.33. The molecule has 1 aromatic rings. The number of aromatic nitrogens is 3. The fraction of sp³-hybridized carbons (Fsp3) is 0.714. The summed E-state index contributed by atoms with van der Waals surface area (Å²) in [6, 6.07) is 0. The molecule has 0 aromatic carbocycles. The van der Waals surface area contributed by atoms with Gasteiger partial charge < -0.3 is 4.74 Å². The van der Waals surface area contributed by atoms with E-state index < -0.39 is 0 Å². The quantitative estimate of drug-likeness (QED) is 0.597. The molecule has 0 bridgehead atoms. The van der Waals surface area contributed by atoms with Gasteiger partial charge in [0.05, 0.1) is 0 Å². The van der Waals surface area contributed by atoms with Gasteiger partial charge in [-0.05, 0) is 6.42 Å². The maximum absolute atomic E-state index is 5.28. The molecule has 0 amide bonds. The molecule has 0 aliphatic rings. The van der Waals surface area contributed by atoms with E-state index in [1.807, 2.05) is 0 Å². The number of rotatable bonds is 5. The van der Waals surface area contributed by atoms with Crippen LogP contribution in [0.25, 0.3) is 0 Å². The van der Waals surface area contributed by atoms with Crippen LogP contribution in [0, 0.1) is 0 Å². The Hall–Kier alpha value is -0.900. The van der Waals surface area contributed by atoms with Crippen LogP contribution in [0.4, 0.5) is 0 Å². The fourth-order valence-corrected chi connectivity index (χ4v) is 0.704. The lowest BCUT2D eigenvalue weighted by atomic mass is 10.4. The molecular formula is C7H13N3O. The van der Waals surface area contributed by atoms with Crippen LogP contribution in [-0.2, 0) is 11.5 Å². The summed E-state index contributed by atoms with van der Waals surface area (Å²) in [7, 11) is 0. The lowest BCUT2D eigenvalue weighted by Gasteiger charge is -2.01. The van der Waals surface area contributed by atoms with Gasteiger partial charge in [0.1, 0.15) is 19.4 Å². The third-order valence-electron chi connectivity index (χ3n) is 1.33. The van der Waals surface area contributed by atoms with Crippen molar-refractivity contribution in [3.8, 4) is 0 Å². The molecule has 1 heterocycles. The van der Waals surface area contributed by atoms with Crippen molar-refractivity contribution >= 4 is 0 Å². The van der Waals surface area contributed by atoms with Gasteiger partial charge in [-0.3, -0.25) is 0 Å². The van der Waals surface area contributed by atoms with E-state index in [4.69, 9.17) is 4.74 Å². The van der Waals surface area contributed by atoms with Crippen molar-refractivity contribution in [1.82, 2.24) is 14.8 Å². The second-order valence-electron chi connectivity index (χ2n) is 2.33. The first kappa shape index (κ1) is 8.20. The van der Waals surface area contributed by atoms with Gasteiger partial charge in [0.15, 0.2) is 0 Å². The van der Waals surface area contributed by atoms with Crippen molar-refractivity contribution in [3.63, 3.8) is 0 Å². The van der Waals surface area contributed by atoms with Crippen LogP contribution in [0.15, 0.2) is 12.7 Å². The van der Waals surface area contributed by atoms with E-state index in [-0.39, 0.29) is 0 Å². The Balaban J connectivity index is 2.04. The molecule has 62 valence electrons. The molecular weight excluding hydrogens is 142 g/mol. The van der Waals surface area contributed by atoms with E-state index in [9.17, 15) is 0 Å². The van der Waals surface area contributed by atoms with Gasteiger partial charge in [0.2, 0.25) is 0 Å². The van der Waals surface area contributed by atoms with Crippen LogP contribution in [0.1, 0.15) is 19.8 Å². The molecule has 4 nitrogen and oxygen atoms in total. The smallest absolute Gasteiger partial charge is 0.141 e. The minimum atomic E-state index is 0.514. The van der Waals surface area contributed by atoms with E-state index in [2.05, 4.69) is 17.0 Å². The van der Waals surface area contributed by atoms with Gasteiger partial charge in [-0.25, -0.2) is 9.67 Å². The van der Waals surface area contributed by atoms with Crippen molar-refractivity contribution in [2.24, 2.45) is 0 Å². The summed E-state index contributed by atoms with van der Waals surface area (Å²) in [5, 5.41) is 3.89. The standard InChI is InChI=1S/C7H13N3O/c1-2-3-4-11-7-10-6-8-5-9-10/h5-6H,2-4,7H2,1H3. The molecule has 1 rings (SSSR count). The molecule has 0 saturated heterocycles. The molecule has 0 aliphatic carbocycles. The van der Waals surface area contributed by atoms with Crippen molar-refractivity contribution in [1.29, 1.82) is 0 Å². The maximum atomic E-state index is 5.28. The van der Waals surface area contributed by atoms with Crippen LogP contribution in [0.5, 0.6) is 0 Å². The Morgan fingerprint density at radius 1 is 1.55 bits per heavy atom. The van der Waals surface area contributed by atoms with E-state index in [0.717, 1.165) is 19.4 Å². The number of nitrogens with zero attached hydrogens (tertiary/aromatic N) is 3. The molecule has 0 spiro atoms. The topological polar surface area (TPSA) is 39.9 Å². The summed E-state index contributed by atoms with van der Waals surface area (Å²) in [6.07, 6.45) is 5.42. The number of hydrogen-bond acceptors (Lipinski definition) is 3. The fourth-order valence-electron chi connectivity index (χ4n) is 0.704. The van der Waals surface area contributed by atoms with Gasteiger partial charge in [0.25, 0.3) is 0 Å². The van der Waals surface area contributed by atoms with Gasteiger partial charge in [-0.2, -0.15) is 5.10 Å². The second-order valence-corrected chi connectivity index (χ2v) is 2.33. The van der Waals surface area contributed by atoms with Crippen LogP contribution >= 0.6 is 0 Å². The largest absolute Gasteiger partial charge is 0.359 e. The summed E-state index contributed by atoms with van der Waals surface area (Å²) in [5.74, 6) is 0. The van der Waals surface area contributed by atoms with E-state index in [1.54, 1.807) is 11.0 Å². The molecule has 0 saturated carbocycles. The van der Waals surface area contributed by atoms with Crippen LogP contribution < -0.4 is 0 Å². The van der Waals surface area contributed by atoms with Crippen LogP contribution in [-0.4, -0.2) is 21.4 Å². The monoisotopic (exact) mass is 155 g/mol. The molecule has 1 aromatic heterocycles. The first-order valence-electron chi connectivity index (χ1n) is 3.83. The Labute approximate surface area is 66.2 Å². The van der Waals surface area contributed by atoms with Gasteiger partial charge in [-0.1, -0.05) is 13.3 Å². The Morgan fingerprint density at radius 3 is 3.09 bits per heavy atom. The molecule has 11 heavy (non-hydrogen) atoms. The normalized spacial score (nSPS) is 10.3. The molecule has 4 heteroatoms. The number of ether oxygens (including phenoxy) is 1. The minimum absolute atomic E-state index is 0.514. The second kappa shape index (κ2) is 4.85. The summed E-state index contributed by atoms with van der Waals surface area (Å²) < 4.78 is 6.94. The molecule has 0 radical (unpaired) electrons. The highest BCUT2D eigenvalue weighted by Crippen LogP contribution is 1.89. The number of hydrogen-bond donors (Lipinski definition) is 0. The molecule has 0 atom stereocenters. The Kier molecular flexibility index (Phi) is 3.61. The van der Waals surface area contributed by atoms with Crippen molar-refractivity contribution in [2.75, 3.05) is 6.61 Å². The molecule has 0 N–H and O–H groups in total. The average molecular weight is 155 g/mol. The van der Waals surface area contributed by atoms with Gasteiger partial charge in [-0.15, -0.1) is 0 Å². The number of unbranched alkanes of at least 4 members (excludes halogenated alkanes) is 1. The third kappa shape index (κ3) is 3.13. The van der Waals surface area contributed by atoms with E-state index in [1.165, 1.54) is 6.33 Å². The van der Waals surface area contributed by atoms with Crippen molar-refractivity contribution in [3.05, 3.63) is 12.7 Å². The predicted molar refractivity (Wildman–Crippen MR) is 40.9 cm³/mol. The average Bonchev–Trinajstić information content (AvgIpc) is 2.50. The lowest BCUT2D eigenvalue weighted by molar-refractivity contribution is 0.0666. The highest BCUT2D eigenvalue weighted by Gasteiger charge is 1.89. The summed E-state index contributed by atoms with van der Waals surface area (Å²) in [4.78, 5) is 3.79. The molecule has 0 aliphatic heterocycles. The summed E-state index contributed by atoms with van der Waals surface area (Å²) >= 11 is 0. The first-order valence-corrected chi connectivity index (χ1v) is 3.83. The Morgan fingerprint density at radius 2 is 2.45 bits per heavy atom. The molecule has 0 fully saturated rings. The van der Waals surface area contributed by atoms with Crippen LogP contribution in [0.2, 0.25) is 0 Å². The van der Waals surface area contributed by atoms with Gasteiger partial charge >= 0.3 is 0 Å². The SMILES string of the molecule is CCCCOCn1cncn1. The maximum Gasteiger partial charge on any atom is 0.141 e. The van der Waals surface area contributed by atoms with E-state index in [0.29, 0.717) is 6.73 Å². The zero-order valence-electron chi connectivity index (χ0n) is 6.73. The van der Waals surface area contributed by atoms with Crippen molar-refractivity contribution < 1.29 is 4.74 Å².